The van der Waals surface area contributed by atoms with Crippen molar-refractivity contribution in [2.45, 2.75) is 77.2 Å². The van der Waals surface area contributed by atoms with Gasteiger partial charge in [-0.1, -0.05) is 31.0 Å². The van der Waals surface area contributed by atoms with Crippen molar-refractivity contribution in [1.82, 2.24) is 14.5 Å². The van der Waals surface area contributed by atoms with E-state index in [9.17, 15) is 13.2 Å². The van der Waals surface area contributed by atoms with Crippen LogP contribution >= 0.6 is 0 Å². The summed E-state index contributed by atoms with van der Waals surface area (Å²) in [5, 5.41) is 3.24. The lowest BCUT2D eigenvalue weighted by Gasteiger charge is -2.35. The molecule has 0 aromatic heterocycles. The number of aryl methyl sites for hydroxylation is 3. The molecule has 2 fully saturated rings. The van der Waals surface area contributed by atoms with E-state index in [-0.39, 0.29) is 17.9 Å². The molecule has 1 aromatic rings. The third-order valence-corrected chi connectivity index (χ3v) is 8.99. The van der Waals surface area contributed by atoms with Gasteiger partial charge in [-0.25, -0.2) is 8.42 Å². The molecule has 0 unspecified atom stereocenters. The molecule has 1 amide bonds. The molecule has 0 bridgehead atoms. The molecule has 0 spiro atoms. The van der Waals surface area contributed by atoms with E-state index in [1.807, 2.05) is 32.9 Å². The zero-order valence-corrected chi connectivity index (χ0v) is 20.4. The smallest absolute Gasteiger partial charge is 0.243 e. The number of benzene rings is 1. The molecule has 0 atom stereocenters. The lowest BCUT2D eigenvalue weighted by Crippen LogP contribution is -2.48. The highest BCUT2D eigenvalue weighted by Gasteiger charge is 2.34. The average Bonchev–Trinajstić information content (AvgIpc) is 2.72. The van der Waals surface area contributed by atoms with Crippen LogP contribution in [-0.2, 0) is 14.8 Å². The van der Waals surface area contributed by atoms with Crippen molar-refractivity contribution >= 4 is 15.9 Å². The van der Waals surface area contributed by atoms with Crippen LogP contribution in [0.3, 0.4) is 0 Å². The van der Waals surface area contributed by atoms with Gasteiger partial charge in [0.05, 0.1) is 4.90 Å². The molecule has 31 heavy (non-hydrogen) atoms. The quantitative estimate of drug-likeness (QED) is 0.693. The lowest BCUT2D eigenvalue weighted by molar-refractivity contribution is -0.127. The Kier molecular flexibility index (Phi) is 8.16. The first-order valence-corrected chi connectivity index (χ1v) is 13.3. The Morgan fingerprint density at radius 3 is 2.13 bits per heavy atom. The molecule has 3 rings (SSSR count). The number of hydrogen-bond acceptors (Lipinski definition) is 4. The third kappa shape index (κ3) is 5.88. The Morgan fingerprint density at radius 1 is 1.00 bits per heavy atom. The molecule has 2 aliphatic rings. The third-order valence-electron chi connectivity index (χ3n) is 6.79. The minimum Gasteiger partial charge on any atom is -0.353 e. The van der Waals surface area contributed by atoms with E-state index in [2.05, 4.69) is 17.1 Å². The Morgan fingerprint density at radius 2 is 1.58 bits per heavy atom. The van der Waals surface area contributed by atoms with E-state index in [4.69, 9.17) is 0 Å². The zero-order chi connectivity index (χ0) is 22.6. The molecular formula is C24H39N3O3S. The Labute approximate surface area is 188 Å². The van der Waals surface area contributed by atoms with Crippen molar-refractivity contribution in [3.63, 3.8) is 0 Å². The molecule has 0 aliphatic carbocycles. The highest BCUT2D eigenvalue weighted by atomic mass is 32.2. The molecule has 1 aromatic carbocycles. The van der Waals surface area contributed by atoms with E-state index in [1.54, 1.807) is 4.31 Å². The lowest BCUT2D eigenvalue weighted by atomic mass is 9.96. The van der Waals surface area contributed by atoms with Crippen molar-refractivity contribution in [2.24, 2.45) is 5.92 Å². The number of sulfonamides is 1. The van der Waals surface area contributed by atoms with Crippen molar-refractivity contribution < 1.29 is 13.2 Å². The minimum absolute atomic E-state index is 0.0928. The zero-order valence-electron chi connectivity index (χ0n) is 19.6. The van der Waals surface area contributed by atoms with Gasteiger partial charge in [0, 0.05) is 38.1 Å². The maximum Gasteiger partial charge on any atom is 0.243 e. The first-order valence-electron chi connectivity index (χ1n) is 11.8. The van der Waals surface area contributed by atoms with Gasteiger partial charge in [0.1, 0.15) is 0 Å². The van der Waals surface area contributed by atoms with E-state index in [0.717, 1.165) is 49.2 Å². The molecular weight excluding hydrogens is 410 g/mol. The van der Waals surface area contributed by atoms with Crippen LogP contribution in [0.15, 0.2) is 17.0 Å². The van der Waals surface area contributed by atoms with E-state index >= 15 is 0 Å². The van der Waals surface area contributed by atoms with Crippen LogP contribution in [0.5, 0.6) is 0 Å². The van der Waals surface area contributed by atoms with Gasteiger partial charge in [0.15, 0.2) is 0 Å². The highest BCUT2D eigenvalue weighted by molar-refractivity contribution is 7.89. The first kappa shape index (κ1) is 24.2. The summed E-state index contributed by atoms with van der Waals surface area (Å²) >= 11 is 0. The van der Waals surface area contributed by atoms with Gasteiger partial charge in [0.2, 0.25) is 15.9 Å². The number of rotatable bonds is 7. The normalized spacial score (nSPS) is 20.1. The largest absolute Gasteiger partial charge is 0.353 e. The summed E-state index contributed by atoms with van der Waals surface area (Å²) in [5.74, 6) is 0.0107. The Hall–Kier alpha value is -1.44. The van der Waals surface area contributed by atoms with Crippen LogP contribution in [0.1, 0.15) is 62.1 Å². The number of piperidine rings is 2. The van der Waals surface area contributed by atoms with Crippen molar-refractivity contribution in [2.75, 3.05) is 32.7 Å². The van der Waals surface area contributed by atoms with Crippen LogP contribution in [0.2, 0.25) is 0 Å². The maximum absolute atomic E-state index is 13.3. The topological polar surface area (TPSA) is 69.7 Å². The molecule has 2 heterocycles. The van der Waals surface area contributed by atoms with Gasteiger partial charge in [-0.3, -0.25) is 4.79 Å². The Balaban J connectivity index is 1.52. The summed E-state index contributed by atoms with van der Waals surface area (Å²) in [6.07, 6.45) is 5.65. The van der Waals surface area contributed by atoms with Crippen LogP contribution in [0, 0.1) is 26.7 Å². The van der Waals surface area contributed by atoms with E-state index < -0.39 is 10.0 Å². The van der Waals surface area contributed by atoms with Gasteiger partial charge in [-0.15, -0.1) is 0 Å². The number of carbonyl (C=O) groups excluding carboxylic acids is 1. The summed E-state index contributed by atoms with van der Waals surface area (Å²) in [7, 11) is -3.53. The monoisotopic (exact) mass is 449 g/mol. The predicted octanol–water partition coefficient (Wildman–Crippen LogP) is 3.39. The second-order valence-corrected chi connectivity index (χ2v) is 11.3. The average molecular weight is 450 g/mol. The summed E-state index contributed by atoms with van der Waals surface area (Å²) in [6, 6.07) is 4.10. The molecule has 174 valence electrons. The van der Waals surface area contributed by atoms with Gasteiger partial charge in [-0.2, -0.15) is 4.31 Å². The molecule has 0 saturated carbocycles. The number of nitrogens with one attached hydrogen (secondary N) is 1. The van der Waals surface area contributed by atoms with Crippen LogP contribution in [-0.4, -0.2) is 62.3 Å². The Bertz CT molecular complexity index is 845. The minimum atomic E-state index is -3.53. The molecule has 7 heteroatoms. The second-order valence-electron chi connectivity index (χ2n) is 9.38. The molecule has 1 N–H and O–H groups in total. The number of amides is 1. The molecule has 2 aliphatic heterocycles. The fraction of sp³-hybridized carbons (Fsp3) is 0.708. The number of likely N-dealkylation sites (tertiary alicyclic amines) is 1. The first-order chi connectivity index (χ1) is 14.7. The molecule has 0 radical (unpaired) electrons. The van der Waals surface area contributed by atoms with Crippen LogP contribution in [0.4, 0.5) is 0 Å². The standard InChI is InChI=1S/C24H39N3O3S/c1-5-6-11-26-12-9-22(10-13-26)25-24(28)21-7-14-27(15-8-21)31(29,30)23-19(3)16-18(2)17-20(23)4/h16-17,21-22H,5-15H2,1-4H3,(H,25,28). The maximum atomic E-state index is 13.3. The van der Waals surface area contributed by atoms with Gasteiger partial charge in [0.25, 0.3) is 0 Å². The van der Waals surface area contributed by atoms with Gasteiger partial charge in [-0.05, 0) is 70.5 Å². The number of carbonyl (C=O) groups is 1. The van der Waals surface area contributed by atoms with E-state index in [1.165, 1.54) is 12.8 Å². The second kappa shape index (κ2) is 10.5. The molecule has 2 saturated heterocycles. The summed E-state index contributed by atoms with van der Waals surface area (Å²) in [4.78, 5) is 15.7. The summed E-state index contributed by atoms with van der Waals surface area (Å²) in [6.45, 7) is 12.0. The van der Waals surface area contributed by atoms with Gasteiger partial charge < -0.3 is 10.2 Å². The highest BCUT2D eigenvalue weighted by Crippen LogP contribution is 2.29. The summed E-state index contributed by atoms with van der Waals surface area (Å²) < 4.78 is 28.1. The fourth-order valence-corrected chi connectivity index (χ4v) is 6.94. The number of nitrogens with zero attached hydrogens (tertiary/aromatic N) is 2. The molecule has 6 nitrogen and oxygen atoms in total. The van der Waals surface area contributed by atoms with Crippen molar-refractivity contribution in [3.05, 3.63) is 28.8 Å². The van der Waals surface area contributed by atoms with Crippen molar-refractivity contribution in [1.29, 1.82) is 0 Å². The summed E-state index contributed by atoms with van der Waals surface area (Å²) in [5.41, 5.74) is 2.66. The van der Waals surface area contributed by atoms with Crippen LogP contribution in [0.25, 0.3) is 0 Å². The van der Waals surface area contributed by atoms with Gasteiger partial charge >= 0.3 is 0 Å². The number of hydrogen-bond donors (Lipinski definition) is 1. The van der Waals surface area contributed by atoms with Crippen LogP contribution < -0.4 is 5.32 Å². The SMILES string of the molecule is CCCCN1CCC(NC(=O)C2CCN(S(=O)(=O)c3c(C)cc(C)cc3C)CC2)CC1. The number of unbranched alkanes of at least 4 members (excludes halogenated alkanes) is 1. The van der Waals surface area contributed by atoms with Crippen molar-refractivity contribution in [3.8, 4) is 0 Å². The predicted molar refractivity (Wildman–Crippen MR) is 125 cm³/mol. The fourth-order valence-electron chi connectivity index (χ4n) is 5.06. The van der Waals surface area contributed by atoms with E-state index in [0.29, 0.717) is 30.8 Å².